The molecule has 6 unspecified atom stereocenters. The van der Waals surface area contributed by atoms with Gasteiger partial charge in [0.25, 0.3) is 5.91 Å². The van der Waals surface area contributed by atoms with Gasteiger partial charge in [0.15, 0.2) is 0 Å². The molecule has 0 spiro atoms. The van der Waals surface area contributed by atoms with Crippen molar-refractivity contribution in [2.75, 3.05) is 13.1 Å². The van der Waals surface area contributed by atoms with Crippen LogP contribution in [0.3, 0.4) is 0 Å². The lowest BCUT2D eigenvalue weighted by Gasteiger charge is -2.61. The van der Waals surface area contributed by atoms with Crippen LogP contribution in [0, 0.1) is 23.2 Å². The van der Waals surface area contributed by atoms with Crippen LogP contribution in [-0.2, 0) is 26.1 Å². The summed E-state index contributed by atoms with van der Waals surface area (Å²) in [7, 11) is -4.12. The number of aromatic nitrogens is 1. The van der Waals surface area contributed by atoms with E-state index in [1.807, 2.05) is 4.90 Å². The molecule has 0 radical (unpaired) electrons. The first kappa shape index (κ1) is 32.2. The number of nitrogens with one attached hydrogen (secondary N) is 1. The second-order valence-electron chi connectivity index (χ2n) is 15.2. The lowest BCUT2D eigenvalue weighted by Crippen LogP contribution is -2.56. The molecule has 10 nitrogen and oxygen atoms in total. The molecule has 2 saturated heterocycles. The Labute approximate surface area is 297 Å². The summed E-state index contributed by atoms with van der Waals surface area (Å²) in [5.41, 5.74) is 2.22. The number of hydrogen-bond donors (Lipinski definition) is 1. The summed E-state index contributed by atoms with van der Waals surface area (Å²) >= 11 is 0. The molecular formula is C40H40N4O6S. The predicted molar refractivity (Wildman–Crippen MR) is 189 cm³/mol. The first-order valence-corrected chi connectivity index (χ1v) is 19.4. The Hall–Kier alpha value is -4.77. The zero-order valence-electron chi connectivity index (χ0n) is 28.2. The Morgan fingerprint density at radius 3 is 2.47 bits per heavy atom. The number of imide groups is 1. The SMILES string of the molecule is O=C1NC(=O)N(C2CCN(C(=O)CC34CC5CC(C3C5)C4c3ccccc3)CC2)C1Cc1ccc(OS(=O)(=O)c2cccc3cnccc23)cc1. The number of piperidine rings is 1. The van der Waals surface area contributed by atoms with Crippen LogP contribution in [0.2, 0.25) is 0 Å². The van der Waals surface area contributed by atoms with E-state index < -0.39 is 22.2 Å². The fourth-order valence-electron chi connectivity index (χ4n) is 10.6. The van der Waals surface area contributed by atoms with E-state index in [4.69, 9.17) is 4.18 Å². The normalized spacial score (nSPS) is 28.6. The maximum Gasteiger partial charge on any atom is 0.339 e. The zero-order chi connectivity index (χ0) is 34.9. The second-order valence-corrected chi connectivity index (χ2v) is 16.7. The Morgan fingerprint density at radius 1 is 0.941 bits per heavy atom. The number of benzene rings is 3. The average molecular weight is 705 g/mol. The van der Waals surface area contributed by atoms with Gasteiger partial charge in [-0.2, -0.15) is 8.42 Å². The molecule has 1 aromatic heterocycles. The van der Waals surface area contributed by atoms with Crippen molar-refractivity contribution in [1.29, 1.82) is 0 Å². The van der Waals surface area contributed by atoms with Gasteiger partial charge in [-0.15, -0.1) is 0 Å². The molecule has 2 aliphatic heterocycles. The van der Waals surface area contributed by atoms with E-state index >= 15 is 0 Å². The van der Waals surface area contributed by atoms with Gasteiger partial charge in [0.1, 0.15) is 16.7 Å². The van der Waals surface area contributed by atoms with E-state index in [0.29, 0.717) is 60.9 Å². The Balaban J connectivity index is 0.839. The van der Waals surface area contributed by atoms with E-state index in [-0.39, 0.29) is 40.3 Å². The maximum absolute atomic E-state index is 13.9. The summed E-state index contributed by atoms with van der Waals surface area (Å²) in [4.78, 5) is 47.7. The summed E-state index contributed by atoms with van der Waals surface area (Å²) in [5, 5.41) is 3.70. The number of carbonyl (C=O) groups is 3. The van der Waals surface area contributed by atoms with Gasteiger partial charge in [-0.25, -0.2) is 4.79 Å². The van der Waals surface area contributed by atoms with Crippen LogP contribution in [0.1, 0.15) is 55.6 Å². The highest BCUT2D eigenvalue weighted by Crippen LogP contribution is 2.78. The molecule has 5 aliphatic rings. The Kier molecular flexibility index (Phi) is 7.68. The minimum absolute atomic E-state index is 0.0503. The van der Waals surface area contributed by atoms with E-state index in [2.05, 4.69) is 40.6 Å². The van der Waals surface area contributed by atoms with E-state index in [1.165, 1.54) is 30.7 Å². The van der Waals surface area contributed by atoms with Crippen LogP contribution in [-0.4, -0.2) is 66.2 Å². The van der Waals surface area contributed by atoms with E-state index in [1.54, 1.807) is 53.6 Å². The number of nitrogens with zero attached hydrogens (tertiary/aromatic N) is 3. The van der Waals surface area contributed by atoms with Gasteiger partial charge in [0.2, 0.25) is 5.91 Å². The summed E-state index contributed by atoms with van der Waals surface area (Å²) < 4.78 is 31.8. The number of hydrogen-bond acceptors (Lipinski definition) is 7. The molecule has 3 heterocycles. The molecule has 3 aliphatic carbocycles. The quantitative estimate of drug-likeness (QED) is 0.176. The molecule has 4 aromatic rings. The van der Waals surface area contributed by atoms with Crippen molar-refractivity contribution in [2.45, 2.75) is 67.8 Å². The topological polar surface area (TPSA) is 126 Å². The Bertz CT molecular complexity index is 2130. The van der Waals surface area contributed by atoms with Crippen molar-refractivity contribution in [3.63, 3.8) is 0 Å². The molecule has 51 heavy (non-hydrogen) atoms. The molecule has 2 bridgehead atoms. The van der Waals surface area contributed by atoms with Crippen molar-refractivity contribution in [1.82, 2.24) is 20.1 Å². The fraction of sp³-hybridized carbons (Fsp3) is 0.400. The van der Waals surface area contributed by atoms with Crippen LogP contribution in [0.5, 0.6) is 5.75 Å². The third-order valence-corrected chi connectivity index (χ3v) is 13.9. The van der Waals surface area contributed by atoms with Gasteiger partial charge in [0.05, 0.1) is 0 Å². The lowest BCUT2D eigenvalue weighted by atomic mass is 9.43. The van der Waals surface area contributed by atoms with Crippen molar-refractivity contribution < 1.29 is 27.0 Å². The molecule has 11 heteroatoms. The number of fused-ring (bicyclic) bond motifs is 2. The van der Waals surface area contributed by atoms with Gasteiger partial charge in [-0.1, -0.05) is 54.6 Å². The fourth-order valence-corrected chi connectivity index (χ4v) is 11.7. The summed E-state index contributed by atoms with van der Waals surface area (Å²) in [5.74, 6) is 2.60. The van der Waals surface area contributed by atoms with Crippen molar-refractivity contribution >= 4 is 38.7 Å². The smallest absolute Gasteiger partial charge is 0.339 e. The van der Waals surface area contributed by atoms with Gasteiger partial charge in [0, 0.05) is 55.1 Å². The highest BCUT2D eigenvalue weighted by Gasteiger charge is 2.70. The molecule has 9 rings (SSSR count). The lowest BCUT2D eigenvalue weighted by molar-refractivity contribution is -0.146. The first-order chi connectivity index (χ1) is 24.7. The van der Waals surface area contributed by atoms with E-state index in [0.717, 1.165) is 17.9 Å². The molecule has 1 N–H and O–H groups in total. The minimum atomic E-state index is -4.12. The number of pyridine rings is 1. The highest BCUT2D eigenvalue weighted by atomic mass is 32.2. The van der Waals surface area contributed by atoms with Gasteiger partial charge in [-0.3, -0.25) is 19.9 Å². The first-order valence-electron chi connectivity index (χ1n) is 18.0. The van der Waals surface area contributed by atoms with Crippen molar-refractivity contribution in [3.8, 4) is 5.75 Å². The number of amides is 4. The van der Waals surface area contributed by atoms with Crippen LogP contribution in [0.25, 0.3) is 10.8 Å². The number of likely N-dealkylation sites (tertiary alicyclic amines) is 1. The molecule has 4 amide bonds. The zero-order valence-corrected chi connectivity index (χ0v) is 29.0. The third-order valence-electron chi connectivity index (χ3n) is 12.6. The van der Waals surface area contributed by atoms with Crippen LogP contribution in [0.15, 0.2) is 96.2 Å². The standard InChI is InChI=1S/C40H40N4O6S/c45-36(23-40-22-26-19-32(33(40)20-26)37(40)27-5-2-1-3-6-27)43-17-14-29(15-18-43)44-34(38(46)42-39(44)47)21-25-9-11-30(12-10-25)50-51(48,49)35-8-4-7-28-24-41-16-13-31(28)35/h1-13,16,24,26,29,32-34,37H,14-15,17-23H2,(H,42,46,47). The van der Waals surface area contributed by atoms with Gasteiger partial charge in [-0.05, 0) is 96.6 Å². The van der Waals surface area contributed by atoms with Crippen LogP contribution < -0.4 is 9.50 Å². The Morgan fingerprint density at radius 2 is 1.73 bits per heavy atom. The predicted octanol–water partition coefficient (Wildman–Crippen LogP) is 5.68. The van der Waals surface area contributed by atoms with Crippen molar-refractivity contribution in [3.05, 3.63) is 102 Å². The summed E-state index contributed by atoms with van der Waals surface area (Å²) in [6.07, 6.45) is 8.95. The largest absolute Gasteiger partial charge is 0.379 e. The summed E-state index contributed by atoms with van der Waals surface area (Å²) in [6.45, 7) is 1.12. The highest BCUT2D eigenvalue weighted by molar-refractivity contribution is 7.87. The molecule has 3 aromatic carbocycles. The second kappa shape index (κ2) is 12.2. The average Bonchev–Trinajstić information content (AvgIpc) is 3.75. The molecule has 262 valence electrons. The van der Waals surface area contributed by atoms with Crippen LogP contribution >= 0.6 is 0 Å². The van der Waals surface area contributed by atoms with Crippen molar-refractivity contribution in [2.24, 2.45) is 23.2 Å². The van der Waals surface area contributed by atoms with Gasteiger partial charge < -0.3 is 14.0 Å². The van der Waals surface area contributed by atoms with E-state index in [9.17, 15) is 22.8 Å². The third kappa shape index (κ3) is 5.39. The minimum Gasteiger partial charge on any atom is -0.379 e. The number of rotatable bonds is 9. The summed E-state index contributed by atoms with van der Waals surface area (Å²) in [6, 6.07) is 22.6. The monoisotopic (exact) mass is 704 g/mol. The maximum atomic E-state index is 13.9. The molecule has 3 saturated carbocycles. The molecular weight excluding hydrogens is 665 g/mol. The van der Waals surface area contributed by atoms with Crippen LogP contribution in [0.4, 0.5) is 4.79 Å². The number of urea groups is 1. The molecule has 6 atom stereocenters. The molecule has 5 fully saturated rings. The van der Waals surface area contributed by atoms with Gasteiger partial charge >= 0.3 is 16.1 Å². The number of carbonyl (C=O) groups excluding carboxylic acids is 3.